The smallest absolute Gasteiger partial charge is 0.411 e. The second-order valence-corrected chi connectivity index (χ2v) is 5.82. The first-order chi connectivity index (χ1) is 8.22. The molecule has 1 saturated heterocycles. The van der Waals surface area contributed by atoms with E-state index in [1.807, 2.05) is 34.6 Å². The molecule has 0 saturated carbocycles. The lowest BCUT2D eigenvalue weighted by Crippen LogP contribution is -2.54. The number of hydrogen-bond donors (Lipinski definition) is 0. The summed E-state index contributed by atoms with van der Waals surface area (Å²) in [6, 6.07) is -0.520. The number of Topliss-reactive ketones (excluding diaryl/α,β-unsaturated/α-hetero) is 1. The molecule has 0 aromatic rings. The molecule has 0 aromatic carbocycles. The van der Waals surface area contributed by atoms with Gasteiger partial charge in [-0.2, -0.15) is 0 Å². The van der Waals surface area contributed by atoms with Crippen LogP contribution >= 0.6 is 0 Å². The monoisotopic (exact) mass is 257 g/mol. The summed E-state index contributed by atoms with van der Waals surface area (Å²) >= 11 is 0. The molecular formula is C13H23NO4. The van der Waals surface area contributed by atoms with E-state index in [4.69, 9.17) is 9.47 Å². The summed E-state index contributed by atoms with van der Waals surface area (Å²) in [7, 11) is 0. The van der Waals surface area contributed by atoms with Crippen molar-refractivity contribution in [3.8, 4) is 0 Å². The summed E-state index contributed by atoms with van der Waals surface area (Å²) in [6.07, 6.45) is -0.440. The molecule has 0 bridgehead atoms. The third-order valence-corrected chi connectivity index (χ3v) is 2.65. The molecule has 18 heavy (non-hydrogen) atoms. The minimum Gasteiger partial charge on any atom is -0.444 e. The van der Waals surface area contributed by atoms with Gasteiger partial charge in [-0.25, -0.2) is 4.79 Å². The fourth-order valence-electron chi connectivity index (χ4n) is 1.76. The van der Waals surface area contributed by atoms with Crippen molar-refractivity contribution in [2.45, 2.75) is 46.3 Å². The number of carbonyl (C=O) groups is 2. The van der Waals surface area contributed by atoms with Crippen LogP contribution in [-0.2, 0) is 14.3 Å². The van der Waals surface area contributed by atoms with E-state index in [2.05, 4.69) is 0 Å². The maximum absolute atomic E-state index is 12.0. The average Bonchev–Trinajstić information content (AvgIpc) is 2.25. The molecule has 1 atom stereocenters. The third-order valence-electron chi connectivity index (χ3n) is 2.65. The summed E-state index contributed by atoms with van der Waals surface area (Å²) in [5.74, 6) is -0.109. The Balaban J connectivity index is 2.76. The van der Waals surface area contributed by atoms with Crippen LogP contribution in [0, 0.1) is 5.92 Å². The number of rotatable bonds is 2. The highest BCUT2D eigenvalue weighted by molar-refractivity contribution is 5.89. The van der Waals surface area contributed by atoms with Crippen LogP contribution in [0.1, 0.15) is 34.6 Å². The van der Waals surface area contributed by atoms with Gasteiger partial charge in [0.1, 0.15) is 11.6 Å². The van der Waals surface area contributed by atoms with Crippen molar-refractivity contribution in [1.82, 2.24) is 4.90 Å². The van der Waals surface area contributed by atoms with Gasteiger partial charge in [0.15, 0.2) is 5.78 Å². The van der Waals surface area contributed by atoms with Crippen molar-refractivity contribution < 1.29 is 19.1 Å². The van der Waals surface area contributed by atoms with Gasteiger partial charge in [0.25, 0.3) is 0 Å². The van der Waals surface area contributed by atoms with Crippen molar-refractivity contribution in [3.63, 3.8) is 0 Å². The standard InChI is InChI=1S/C13H23NO4/c1-9(2)11(15)10-8-17-7-6-14(10)12(16)18-13(3,4)5/h9-10H,6-8H2,1-5H3/t10-/m0/s1. The number of nitrogens with zero attached hydrogens (tertiary/aromatic N) is 1. The van der Waals surface area contributed by atoms with Crippen molar-refractivity contribution in [2.75, 3.05) is 19.8 Å². The normalized spacial score (nSPS) is 21.0. The summed E-state index contributed by atoms with van der Waals surface area (Å²) in [5.41, 5.74) is -0.555. The molecule has 1 fully saturated rings. The molecule has 1 rings (SSSR count). The highest BCUT2D eigenvalue weighted by atomic mass is 16.6. The van der Waals surface area contributed by atoms with Gasteiger partial charge in [-0.1, -0.05) is 13.8 Å². The molecule has 5 heteroatoms. The van der Waals surface area contributed by atoms with Gasteiger partial charge in [-0.15, -0.1) is 0 Å². The Kier molecular flexibility index (Phi) is 4.73. The van der Waals surface area contributed by atoms with Crippen molar-refractivity contribution in [3.05, 3.63) is 0 Å². The van der Waals surface area contributed by atoms with Crippen molar-refractivity contribution >= 4 is 11.9 Å². The van der Waals surface area contributed by atoms with E-state index in [0.29, 0.717) is 13.2 Å². The van der Waals surface area contributed by atoms with Crippen LogP contribution in [-0.4, -0.2) is 48.2 Å². The van der Waals surface area contributed by atoms with Gasteiger partial charge in [0.05, 0.1) is 13.2 Å². The van der Waals surface area contributed by atoms with Crippen molar-refractivity contribution in [2.24, 2.45) is 5.92 Å². The van der Waals surface area contributed by atoms with E-state index in [1.54, 1.807) is 0 Å². The first-order valence-corrected chi connectivity index (χ1v) is 6.33. The summed E-state index contributed by atoms with van der Waals surface area (Å²) < 4.78 is 10.6. The van der Waals surface area contributed by atoms with E-state index >= 15 is 0 Å². The van der Waals surface area contributed by atoms with Gasteiger partial charge in [0, 0.05) is 12.5 Å². The summed E-state index contributed by atoms with van der Waals surface area (Å²) in [4.78, 5) is 25.6. The summed E-state index contributed by atoms with van der Waals surface area (Å²) in [6.45, 7) is 10.2. The maximum Gasteiger partial charge on any atom is 0.411 e. The largest absolute Gasteiger partial charge is 0.444 e. The lowest BCUT2D eigenvalue weighted by molar-refractivity contribution is -0.133. The number of ether oxygens (including phenoxy) is 2. The minimum absolute atomic E-state index is 0.0144. The molecular weight excluding hydrogens is 234 g/mol. The van der Waals surface area contributed by atoms with Gasteiger partial charge < -0.3 is 9.47 Å². The molecule has 0 aromatic heterocycles. The van der Waals surface area contributed by atoms with Crippen molar-refractivity contribution in [1.29, 1.82) is 0 Å². The Morgan fingerprint density at radius 1 is 1.33 bits per heavy atom. The number of carbonyl (C=O) groups excluding carboxylic acids is 2. The topological polar surface area (TPSA) is 55.8 Å². The van der Waals surface area contributed by atoms with E-state index in [-0.39, 0.29) is 18.3 Å². The van der Waals surface area contributed by atoms with E-state index in [0.717, 1.165) is 0 Å². The van der Waals surface area contributed by atoms with Gasteiger partial charge in [0.2, 0.25) is 0 Å². The lowest BCUT2D eigenvalue weighted by Gasteiger charge is -2.36. The molecule has 104 valence electrons. The molecule has 0 aliphatic carbocycles. The molecule has 1 aliphatic heterocycles. The Morgan fingerprint density at radius 2 is 1.94 bits per heavy atom. The van der Waals surface area contributed by atoms with Crippen LogP contribution in [0.15, 0.2) is 0 Å². The van der Waals surface area contributed by atoms with Crippen LogP contribution in [0.2, 0.25) is 0 Å². The Morgan fingerprint density at radius 3 is 2.44 bits per heavy atom. The quantitative estimate of drug-likeness (QED) is 0.757. The number of ketones is 1. The van der Waals surface area contributed by atoms with Crippen LogP contribution in [0.25, 0.3) is 0 Å². The predicted molar refractivity (Wildman–Crippen MR) is 67.4 cm³/mol. The van der Waals surface area contributed by atoms with E-state index in [9.17, 15) is 9.59 Å². The minimum atomic E-state index is -0.555. The fraction of sp³-hybridized carbons (Fsp3) is 0.846. The van der Waals surface area contributed by atoms with E-state index < -0.39 is 17.7 Å². The second kappa shape index (κ2) is 5.69. The predicted octanol–water partition coefficient (Wildman–Crippen LogP) is 1.85. The molecule has 0 radical (unpaired) electrons. The Hall–Kier alpha value is -1.10. The number of hydrogen-bond acceptors (Lipinski definition) is 4. The first-order valence-electron chi connectivity index (χ1n) is 6.33. The summed E-state index contributed by atoms with van der Waals surface area (Å²) in [5, 5.41) is 0. The first kappa shape index (κ1) is 15.0. The van der Waals surface area contributed by atoms with Crippen LogP contribution < -0.4 is 0 Å². The van der Waals surface area contributed by atoms with Crippen LogP contribution in [0.3, 0.4) is 0 Å². The fourth-order valence-corrected chi connectivity index (χ4v) is 1.76. The zero-order chi connectivity index (χ0) is 13.9. The van der Waals surface area contributed by atoms with Gasteiger partial charge in [-0.3, -0.25) is 9.69 Å². The number of amides is 1. The van der Waals surface area contributed by atoms with Gasteiger partial charge in [-0.05, 0) is 20.8 Å². The zero-order valence-corrected chi connectivity index (χ0v) is 11.9. The average molecular weight is 257 g/mol. The maximum atomic E-state index is 12.0. The van der Waals surface area contributed by atoms with Crippen LogP contribution in [0.4, 0.5) is 4.79 Å². The Bertz CT molecular complexity index is 319. The molecule has 1 aliphatic rings. The lowest BCUT2D eigenvalue weighted by atomic mass is 10.0. The molecule has 1 heterocycles. The highest BCUT2D eigenvalue weighted by Crippen LogP contribution is 2.17. The zero-order valence-electron chi connectivity index (χ0n) is 11.9. The molecule has 0 N–H and O–H groups in total. The molecule has 0 spiro atoms. The Labute approximate surface area is 108 Å². The molecule has 0 unspecified atom stereocenters. The van der Waals surface area contributed by atoms with Crippen LogP contribution in [0.5, 0.6) is 0 Å². The van der Waals surface area contributed by atoms with E-state index in [1.165, 1.54) is 4.90 Å². The second-order valence-electron chi connectivity index (χ2n) is 5.82. The SMILES string of the molecule is CC(C)C(=O)[C@@H]1COCCN1C(=O)OC(C)(C)C. The third kappa shape index (κ3) is 3.98. The number of morpholine rings is 1. The molecule has 1 amide bonds. The van der Waals surface area contributed by atoms with Gasteiger partial charge >= 0.3 is 6.09 Å². The molecule has 5 nitrogen and oxygen atoms in total. The highest BCUT2D eigenvalue weighted by Gasteiger charge is 2.36.